The Kier molecular flexibility index (Phi) is 5.83. The zero-order chi connectivity index (χ0) is 26.7. The first-order valence-electron chi connectivity index (χ1n) is 13.7. The van der Waals surface area contributed by atoms with Gasteiger partial charge in [0.25, 0.3) is 5.91 Å². The number of ether oxygens (including phenoxy) is 1. The molecular weight excluding hydrogens is 506 g/mol. The minimum Gasteiger partial charge on any atom is -0.434 e. The SMILES string of the molecule is Nc1nc(NCC2CC3(CC3)C2)c2c(cnn2Cc2ccc(C(=O)N3C[C@H]4CNC[C@H]4C3)cc2OC(F)F)n1. The highest BCUT2D eigenvalue weighted by Crippen LogP contribution is 2.63. The molecule has 12 heteroatoms. The van der Waals surface area contributed by atoms with E-state index in [1.807, 2.05) is 4.90 Å². The van der Waals surface area contributed by atoms with E-state index in [1.54, 1.807) is 23.0 Å². The van der Waals surface area contributed by atoms with Crippen molar-refractivity contribution < 1.29 is 18.3 Å². The number of amides is 1. The number of carbonyl (C=O) groups is 1. The van der Waals surface area contributed by atoms with Gasteiger partial charge in [-0.1, -0.05) is 6.07 Å². The first-order valence-corrected chi connectivity index (χ1v) is 13.7. The van der Waals surface area contributed by atoms with E-state index in [2.05, 4.69) is 25.7 Å². The van der Waals surface area contributed by atoms with Gasteiger partial charge in [-0.25, -0.2) is 4.98 Å². The van der Waals surface area contributed by atoms with E-state index in [0.717, 1.165) is 19.6 Å². The van der Waals surface area contributed by atoms with Crippen LogP contribution in [0.4, 0.5) is 20.5 Å². The molecule has 4 heterocycles. The maximum absolute atomic E-state index is 13.4. The molecular formula is C27H32F2N8O2. The Bertz CT molecular complexity index is 1400. The highest BCUT2D eigenvalue weighted by Gasteiger charge is 2.52. The molecule has 2 aliphatic heterocycles. The van der Waals surface area contributed by atoms with Gasteiger partial charge < -0.3 is 26.0 Å². The van der Waals surface area contributed by atoms with E-state index >= 15 is 0 Å². The number of alkyl halides is 2. The van der Waals surface area contributed by atoms with Gasteiger partial charge in [0.15, 0.2) is 5.82 Å². The van der Waals surface area contributed by atoms with Crippen molar-refractivity contribution in [3.63, 3.8) is 0 Å². The van der Waals surface area contributed by atoms with E-state index in [4.69, 9.17) is 10.5 Å². The van der Waals surface area contributed by atoms with Crippen LogP contribution in [0, 0.1) is 23.2 Å². The molecule has 4 aliphatic rings. The number of nitrogens with two attached hydrogens (primary N) is 1. The number of carbonyl (C=O) groups excluding carboxylic acids is 1. The predicted molar refractivity (Wildman–Crippen MR) is 141 cm³/mol. The van der Waals surface area contributed by atoms with Crippen LogP contribution in [0.2, 0.25) is 0 Å². The van der Waals surface area contributed by atoms with Crippen LogP contribution in [0.5, 0.6) is 5.75 Å². The third-order valence-corrected chi connectivity index (χ3v) is 8.99. The van der Waals surface area contributed by atoms with Crippen LogP contribution in [-0.4, -0.2) is 69.9 Å². The highest BCUT2D eigenvalue weighted by atomic mass is 19.3. The number of hydrogen-bond acceptors (Lipinski definition) is 8. The lowest BCUT2D eigenvalue weighted by Crippen LogP contribution is -2.31. The summed E-state index contributed by atoms with van der Waals surface area (Å²) in [6.07, 6.45) is 6.73. The van der Waals surface area contributed by atoms with Gasteiger partial charge in [0, 0.05) is 43.9 Å². The fraction of sp³-hybridized carbons (Fsp3) is 0.556. The minimum atomic E-state index is -3.03. The van der Waals surface area contributed by atoms with Crippen LogP contribution in [0.1, 0.15) is 41.6 Å². The number of halogens is 2. The zero-order valence-electron chi connectivity index (χ0n) is 21.6. The second-order valence-electron chi connectivity index (χ2n) is 11.7. The number of fused-ring (bicyclic) bond motifs is 2. The first-order chi connectivity index (χ1) is 18.9. The Morgan fingerprint density at radius 1 is 1.21 bits per heavy atom. The number of anilines is 2. The highest BCUT2D eigenvalue weighted by molar-refractivity contribution is 5.95. The molecule has 206 valence electrons. The van der Waals surface area contributed by atoms with Gasteiger partial charge in [-0.2, -0.15) is 18.9 Å². The van der Waals surface area contributed by atoms with Crippen molar-refractivity contribution >= 4 is 28.7 Å². The average Bonchev–Trinajstić information content (AvgIpc) is 3.16. The second-order valence-corrected chi connectivity index (χ2v) is 11.7. The van der Waals surface area contributed by atoms with Gasteiger partial charge in [-0.15, -0.1) is 0 Å². The molecule has 2 aliphatic carbocycles. The Morgan fingerprint density at radius 2 is 1.97 bits per heavy atom. The van der Waals surface area contributed by atoms with Crippen molar-refractivity contribution in [2.45, 2.75) is 38.8 Å². The normalized spacial score (nSPS) is 23.4. The number of nitrogens with zero attached hydrogens (tertiary/aromatic N) is 5. The molecule has 39 heavy (non-hydrogen) atoms. The Labute approximate surface area is 224 Å². The van der Waals surface area contributed by atoms with E-state index in [9.17, 15) is 13.6 Å². The molecule has 2 aromatic heterocycles. The number of hydrogen-bond donors (Lipinski definition) is 3. The van der Waals surface area contributed by atoms with Crippen molar-refractivity contribution in [1.82, 2.24) is 30.0 Å². The molecule has 1 aromatic carbocycles. The summed E-state index contributed by atoms with van der Waals surface area (Å²) in [7, 11) is 0. The van der Waals surface area contributed by atoms with Crippen molar-refractivity contribution in [2.24, 2.45) is 23.2 Å². The van der Waals surface area contributed by atoms with Gasteiger partial charge >= 0.3 is 6.61 Å². The van der Waals surface area contributed by atoms with Crippen LogP contribution < -0.4 is 21.1 Å². The number of nitrogens with one attached hydrogen (secondary N) is 2. The molecule has 2 saturated heterocycles. The Hall–Kier alpha value is -3.54. The summed E-state index contributed by atoms with van der Waals surface area (Å²) in [4.78, 5) is 23.7. The maximum Gasteiger partial charge on any atom is 0.387 e. The van der Waals surface area contributed by atoms with Crippen LogP contribution in [-0.2, 0) is 6.54 Å². The molecule has 2 atom stereocenters. The largest absolute Gasteiger partial charge is 0.434 e. The Balaban J connectivity index is 1.13. The number of aromatic nitrogens is 4. The van der Waals surface area contributed by atoms with Crippen LogP contribution >= 0.6 is 0 Å². The molecule has 1 spiro atoms. The smallest absolute Gasteiger partial charge is 0.387 e. The molecule has 0 unspecified atom stereocenters. The zero-order valence-corrected chi connectivity index (χ0v) is 21.6. The van der Waals surface area contributed by atoms with Crippen molar-refractivity contribution in [3.8, 4) is 5.75 Å². The third-order valence-electron chi connectivity index (χ3n) is 8.99. The summed E-state index contributed by atoms with van der Waals surface area (Å²) >= 11 is 0. The molecule has 4 N–H and O–H groups in total. The molecule has 4 fully saturated rings. The van der Waals surface area contributed by atoms with E-state index in [1.165, 1.54) is 31.7 Å². The van der Waals surface area contributed by atoms with Gasteiger partial charge in [0.05, 0.1) is 12.7 Å². The van der Waals surface area contributed by atoms with E-state index in [-0.39, 0.29) is 24.1 Å². The molecule has 7 rings (SSSR count). The molecule has 10 nitrogen and oxygen atoms in total. The average molecular weight is 539 g/mol. The van der Waals surface area contributed by atoms with Gasteiger partial charge in [0.2, 0.25) is 5.95 Å². The number of benzene rings is 1. The third kappa shape index (κ3) is 4.64. The fourth-order valence-electron chi connectivity index (χ4n) is 6.78. The number of rotatable bonds is 8. The summed E-state index contributed by atoms with van der Waals surface area (Å²) in [6.45, 7) is 1.03. The predicted octanol–water partition coefficient (Wildman–Crippen LogP) is 2.95. The topological polar surface area (TPSA) is 123 Å². The first kappa shape index (κ1) is 24.5. The maximum atomic E-state index is 13.4. The van der Waals surface area contributed by atoms with E-state index in [0.29, 0.717) is 64.2 Å². The van der Waals surface area contributed by atoms with Crippen molar-refractivity contribution in [3.05, 3.63) is 35.5 Å². The lowest BCUT2D eigenvalue weighted by Gasteiger charge is -2.36. The number of likely N-dealkylation sites (tertiary alicyclic amines) is 1. The van der Waals surface area contributed by atoms with Gasteiger partial charge in [0.1, 0.15) is 16.8 Å². The van der Waals surface area contributed by atoms with Crippen LogP contribution in [0.15, 0.2) is 24.4 Å². The molecule has 0 radical (unpaired) electrons. The van der Waals surface area contributed by atoms with Gasteiger partial charge in [-0.3, -0.25) is 9.48 Å². The molecule has 0 bridgehead atoms. The Morgan fingerprint density at radius 3 is 2.69 bits per heavy atom. The summed E-state index contributed by atoms with van der Waals surface area (Å²) in [5.41, 5.74) is 8.57. The minimum absolute atomic E-state index is 0.0457. The molecule has 3 aromatic rings. The lowest BCUT2D eigenvalue weighted by atomic mass is 9.72. The van der Waals surface area contributed by atoms with E-state index < -0.39 is 6.61 Å². The monoisotopic (exact) mass is 538 g/mol. The molecule has 1 amide bonds. The standard InChI is InChI=1S/C27H32F2N8O2/c28-25(29)39-21-5-16(24(38)36-12-18-9-31-10-19(18)13-36)1-2-17(21)14-37-22-20(11-33-37)34-26(30)35-23(22)32-8-15-6-27(7-15)3-4-27/h1-2,5,11,15,18-19,25,31H,3-4,6-10,12-14H2,(H3,30,32,34,35)/t18-,19+. The quantitative estimate of drug-likeness (QED) is 0.400. The number of nitrogen functional groups attached to an aromatic ring is 1. The van der Waals surface area contributed by atoms with Crippen LogP contribution in [0.25, 0.3) is 11.0 Å². The van der Waals surface area contributed by atoms with Crippen LogP contribution in [0.3, 0.4) is 0 Å². The lowest BCUT2D eigenvalue weighted by molar-refractivity contribution is -0.0505. The summed E-state index contributed by atoms with van der Waals surface area (Å²) in [5.74, 6) is 1.98. The van der Waals surface area contributed by atoms with Crippen molar-refractivity contribution in [2.75, 3.05) is 43.8 Å². The summed E-state index contributed by atoms with van der Waals surface area (Å²) in [6, 6.07) is 4.75. The fourth-order valence-corrected chi connectivity index (χ4v) is 6.78. The summed E-state index contributed by atoms with van der Waals surface area (Å²) < 4.78 is 33.4. The summed E-state index contributed by atoms with van der Waals surface area (Å²) in [5, 5.41) is 11.2. The molecule has 2 saturated carbocycles. The van der Waals surface area contributed by atoms with Crippen molar-refractivity contribution in [1.29, 1.82) is 0 Å². The second kappa shape index (κ2) is 9.29. The van der Waals surface area contributed by atoms with Gasteiger partial charge in [-0.05, 0) is 61.0 Å².